The molecule has 1 aliphatic heterocycles. The van der Waals surface area contributed by atoms with E-state index in [0.29, 0.717) is 22.8 Å². The minimum Gasteiger partial charge on any atom is -0.338 e. The molecule has 0 radical (unpaired) electrons. The number of nitrogens with one attached hydrogen (secondary N) is 1. The molecular weight excluding hydrogens is 287 g/mol. The first-order valence-corrected chi connectivity index (χ1v) is 8.76. The molecule has 0 bridgehead atoms. The number of hydrogen-bond acceptors (Lipinski definition) is 3. The number of hydrogen-bond donors (Lipinski definition) is 1. The van der Waals surface area contributed by atoms with Crippen molar-refractivity contribution in [3.63, 3.8) is 0 Å². The second kappa shape index (κ2) is 7.80. The van der Waals surface area contributed by atoms with E-state index in [1.807, 2.05) is 18.2 Å². The predicted molar refractivity (Wildman–Crippen MR) is 86.2 cm³/mol. The number of halogens is 1. The fourth-order valence-electron chi connectivity index (χ4n) is 2.86. The van der Waals surface area contributed by atoms with Crippen LogP contribution in [0.25, 0.3) is 0 Å². The summed E-state index contributed by atoms with van der Waals surface area (Å²) >= 11 is 1.56. The van der Waals surface area contributed by atoms with Crippen LogP contribution in [0.3, 0.4) is 0 Å². The van der Waals surface area contributed by atoms with E-state index in [0.717, 1.165) is 32.5 Å². The van der Waals surface area contributed by atoms with Gasteiger partial charge in [0.15, 0.2) is 0 Å². The zero-order valence-electron chi connectivity index (χ0n) is 12.7. The highest BCUT2D eigenvalue weighted by Gasteiger charge is 2.24. The van der Waals surface area contributed by atoms with Crippen molar-refractivity contribution >= 4 is 17.7 Å². The quantitative estimate of drug-likeness (QED) is 0.907. The Morgan fingerprint density at radius 2 is 2.33 bits per heavy atom. The fraction of sp³-hybridized carbons (Fsp3) is 0.562. The summed E-state index contributed by atoms with van der Waals surface area (Å²) in [5.41, 5.74) is 1.21. The Hall–Kier alpha value is -1.07. The number of amides is 1. The van der Waals surface area contributed by atoms with E-state index in [2.05, 4.69) is 5.32 Å². The number of likely N-dealkylation sites (tertiary alicyclic amines) is 1. The van der Waals surface area contributed by atoms with E-state index in [-0.39, 0.29) is 11.7 Å². The van der Waals surface area contributed by atoms with E-state index in [9.17, 15) is 9.18 Å². The molecule has 0 aliphatic carbocycles. The van der Waals surface area contributed by atoms with Gasteiger partial charge in [-0.3, -0.25) is 4.79 Å². The van der Waals surface area contributed by atoms with Gasteiger partial charge in [-0.2, -0.15) is 11.8 Å². The van der Waals surface area contributed by atoms with Crippen molar-refractivity contribution in [2.24, 2.45) is 5.92 Å². The summed E-state index contributed by atoms with van der Waals surface area (Å²) in [6, 6.07) is 4.72. The topological polar surface area (TPSA) is 32.3 Å². The van der Waals surface area contributed by atoms with Crippen LogP contribution in [0.4, 0.5) is 4.39 Å². The molecule has 21 heavy (non-hydrogen) atoms. The molecule has 0 spiro atoms. The van der Waals surface area contributed by atoms with Gasteiger partial charge in [0.1, 0.15) is 5.82 Å². The maximum absolute atomic E-state index is 13.7. The molecule has 116 valence electrons. The van der Waals surface area contributed by atoms with Gasteiger partial charge in [0.05, 0.1) is 0 Å². The van der Waals surface area contributed by atoms with Gasteiger partial charge in [-0.25, -0.2) is 4.39 Å². The summed E-state index contributed by atoms with van der Waals surface area (Å²) in [6.07, 6.45) is 4.13. The molecule has 2 rings (SSSR count). The first-order chi connectivity index (χ1) is 10.2. The van der Waals surface area contributed by atoms with Crippen LogP contribution >= 0.6 is 11.8 Å². The molecule has 0 aromatic heterocycles. The van der Waals surface area contributed by atoms with Crippen LogP contribution in [-0.4, -0.2) is 43.7 Å². The summed E-state index contributed by atoms with van der Waals surface area (Å²) < 4.78 is 13.7. The molecule has 1 heterocycles. The van der Waals surface area contributed by atoms with Crippen molar-refractivity contribution < 1.29 is 9.18 Å². The van der Waals surface area contributed by atoms with Crippen molar-refractivity contribution in [1.82, 2.24) is 10.2 Å². The Morgan fingerprint density at radius 1 is 1.52 bits per heavy atom. The standard InChI is InChI=1S/C16H23FN2OS/c1-18-9-12-4-3-7-19(10-12)16(20)13-5-6-15(17)14(8-13)11-21-2/h5-6,8,12,18H,3-4,7,9-11H2,1-2H3. The molecule has 1 aromatic rings. The normalized spacial score (nSPS) is 18.8. The Bertz CT molecular complexity index is 493. The zero-order valence-corrected chi connectivity index (χ0v) is 13.5. The largest absolute Gasteiger partial charge is 0.338 e. The summed E-state index contributed by atoms with van der Waals surface area (Å²) in [4.78, 5) is 14.5. The third kappa shape index (κ3) is 4.20. The van der Waals surface area contributed by atoms with Crippen LogP contribution in [0.15, 0.2) is 18.2 Å². The highest BCUT2D eigenvalue weighted by molar-refractivity contribution is 7.97. The Kier molecular flexibility index (Phi) is 6.06. The number of benzene rings is 1. The molecular formula is C16H23FN2OS. The molecule has 1 aromatic carbocycles. The number of carbonyl (C=O) groups is 1. The van der Waals surface area contributed by atoms with Crippen molar-refractivity contribution in [2.45, 2.75) is 18.6 Å². The molecule has 1 unspecified atom stereocenters. The van der Waals surface area contributed by atoms with Gasteiger partial charge in [0.2, 0.25) is 0 Å². The van der Waals surface area contributed by atoms with Crippen LogP contribution in [0.5, 0.6) is 0 Å². The molecule has 1 atom stereocenters. The van der Waals surface area contributed by atoms with Crippen molar-refractivity contribution in [3.8, 4) is 0 Å². The van der Waals surface area contributed by atoms with Gasteiger partial charge >= 0.3 is 0 Å². The lowest BCUT2D eigenvalue weighted by atomic mass is 9.97. The average molecular weight is 310 g/mol. The van der Waals surface area contributed by atoms with Crippen LogP contribution in [0.2, 0.25) is 0 Å². The lowest BCUT2D eigenvalue weighted by molar-refractivity contribution is 0.0674. The Morgan fingerprint density at radius 3 is 3.05 bits per heavy atom. The summed E-state index contributed by atoms with van der Waals surface area (Å²) in [7, 11) is 1.94. The SMILES string of the molecule is CNCC1CCCN(C(=O)c2ccc(F)c(CSC)c2)C1. The van der Waals surface area contributed by atoms with Gasteiger partial charge < -0.3 is 10.2 Å². The summed E-state index contributed by atoms with van der Waals surface area (Å²) in [6.45, 7) is 2.52. The minimum atomic E-state index is -0.229. The van der Waals surface area contributed by atoms with E-state index < -0.39 is 0 Å². The second-order valence-electron chi connectivity index (χ2n) is 5.56. The maximum Gasteiger partial charge on any atom is 0.253 e. The van der Waals surface area contributed by atoms with E-state index >= 15 is 0 Å². The van der Waals surface area contributed by atoms with Crippen LogP contribution in [-0.2, 0) is 5.75 Å². The average Bonchev–Trinajstić information content (AvgIpc) is 2.50. The van der Waals surface area contributed by atoms with E-state index in [1.54, 1.807) is 23.9 Å². The van der Waals surface area contributed by atoms with E-state index in [1.165, 1.54) is 6.07 Å². The van der Waals surface area contributed by atoms with Crippen LogP contribution < -0.4 is 5.32 Å². The molecule has 1 amide bonds. The predicted octanol–water partition coefficient (Wildman–Crippen LogP) is 2.76. The summed E-state index contributed by atoms with van der Waals surface area (Å²) in [5.74, 6) is 0.902. The Balaban J connectivity index is 2.10. The third-order valence-electron chi connectivity index (χ3n) is 3.89. The van der Waals surface area contributed by atoms with Gasteiger partial charge in [-0.05, 0) is 62.4 Å². The number of carbonyl (C=O) groups excluding carboxylic acids is 1. The highest BCUT2D eigenvalue weighted by Crippen LogP contribution is 2.21. The molecule has 0 saturated carbocycles. The minimum absolute atomic E-state index is 0.0261. The number of thioether (sulfide) groups is 1. The van der Waals surface area contributed by atoms with E-state index in [4.69, 9.17) is 0 Å². The maximum atomic E-state index is 13.7. The monoisotopic (exact) mass is 310 g/mol. The van der Waals surface area contributed by atoms with Crippen molar-refractivity contribution in [1.29, 1.82) is 0 Å². The zero-order chi connectivity index (χ0) is 15.2. The van der Waals surface area contributed by atoms with Crippen LogP contribution in [0.1, 0.15) is 28.8 Å². The molecule has 3 nitrogen and oxygen atoms in total. The van der Waals surface area contributed by atoms with Gasteiger partial charge in [0.25, 0.3) is 5.91 Å². The van der Waals surface area contributed by atoms with Crippen molar-refractivity contribution in [2.75, 3.05) is 32.9 Å². The third-order valence-corrected chi connectivity index (χ3v) is 4.49. The molecule has 1 N–H and O–H groups in total. The molecule has 1 saturated heterocycles. The molecule has 1 aliphatic rings. The summed E-state index contributed by atoms with van der Waals surface area (Å²) in [5, 5.41) is 3.18. The molecule has 1 fully saturated rings. The lowest BCUT2D eigenvalue weighted by Gasteiger charge is -2.32. The first-order valence-electron chi connectivity index (χ1n) is 7.37. The number of nitrogens with zero attached hydrogens (tertiary/aromatic N) is 1. The smallest absolute Gasteiger partial charge is 0.253 e. The second-order valence-corrected chi connectivity index (χ2v) is 6.42. The highest BCUT2D eigenvalue weighted by atomic mass is 32.2. The van der Waals surface area contributed by atoms with Gasteiger partial charge in [-0.1, -0.05) is 0 Å². The van der Waals surface area contributed by atoms with Gasteiger partial charge in [0, 0.05) is 24.4 Å². The lowest BCUT2D eigenvalue weighted by Crippen LogP contribution is -2.42. The number of rotatable bonds is 5. The van der Waals surface area contributed by atoms with Crippen LogP contribution in [0, 0.1) is 11.7 Å². The molecule has 5 heteroatoms. The number of piperidine rings is 1. The van der Waals surface area contributed by atoms with Gasteiger partial charge in [-0.15, -0.1) is 0 Å². The fourth-order valence-corrected chi connectivity index (χ4v) is 3.39. The first kappa shape index (κ1) is 16.3. The Labute approximate surface area is 130 Å². The van der Waals surface area contributed by atoms with Crippen molar-refractivity contribution in [3.05, 3.63) is 35.1 Å².